The third-order valence-electron chi connectivity index (χ3n) is 4.37. The summed E-state index contributed by atoms with van der Waals surface area (Å²) in [6, 6.07) is 9.88. The van der Waals surface area contributed by atoms with E-state index in [0.717, 1.165) is 5.56 Å². The topological polar surface area (TPSA) is 76.1 Å². The summed E-state index contributed by atoms with van der Waals surface area (Å²) in [5.74, 6) is -0.914. The summed E-state index contributed by atoms with van der Waals surface area (Å²) in [7, 11) is 1.49. The molecule has 0 spiro atoms. The van der Waals surface area contributed by atoms with Gasteiger partial charge < -0.3 is 19.5 Å². The smallest absolute Gasteiger partial charge is 0.313 e. The number of hydrogen-bond acceptors (Lipinski definition) is 4. The van der Waals surface area contributed by atoms with Crippen LogP contribution in [-0.4, -0.2) is 55.3 Å². The number of carboxylic acid groups (broad SMARTS) is 1. The molecule has 1 aliphatic heterocycles. The molecule has 1 unspecified atom stereocenters. The van der Waals surface area contributed by atoms with Crippen LogP contribution in [0, 0.1) is 5.41 Å². The van der Waals surface area contributed by atoms with Gasteiger partial charge in [-0.1, -0.05) is 30.3 Å². The van der Waals surface area contributed by atoms with Gasteiger partial charge in [-0.3, -0.25) is 9.59 Å². The van der Waals surface area contributed by atoms with Crippen molar-refractivity contribution in [1.82, 2.24) is 4.90 Å². The molecule has 6 heteroatoms. The van der Waals surface area contributed by atoms with Crippen molar-refractivity contribution < 1.29 is 24.2 Å². The monoisotopic (exact) mass is 335 g/mol. The predicted octanol–water partition coefficient (Wildman–Crippen LogP) is 1.93. The van der Waals surface area contributed by atoms with Crippen LogP contribution < -0.4 is 0 Å². The number of hydrogen-bond donors (Lipinski definition) is 1. The summed E-state index contributed by atoms with van der Waals surface area (Å²) in [5, 5.41) is 9.41. The summed E-state index contributed by atoms with van der Waals surface area (Å²) in [5.41, 5.74) is 0.142. The number of aliphatic carboxylic acids is 1. The molecule has 2 rings (SSSR count). The highest BCUT2D eigenvalue weighted by Crippen LogP contribution is 2.31. The van der Waals surface area contributed by atoms with Crippen LogP contribution in [0.1, 0.15) is 24.8 Å². The van der Waals surface area contributed by atoms with E-state index in [2.05, 4.69) is 0 Å². The Bertz CT molecular complexity index is 548. The summed E-state index contributed by atoms with van der Waals surface area (Å²) in [4.78, 5) is 25.3. The minimum Gasteiger partial charge on any atom is -0.481 e. The van der Waals surface area contributed by atoms with E-state index in [1.54, 1.807) is 4.90 Å². The Kier molecular flexibility index (Phi) is 6.75. The lowest BCUT2D eigenvalue weighted by molar-refractivity contribution is -0.151. The third-order valence-corrected chi connectivity index (χ3v) is 4.37. The van der Waals surface area contributed by atoms with E-state index < -0.39 is 11.4 Å². The Morgan fingerprint density at radius 1 is 1.29 bits per heavy atom. The summed E-state index contributed by atoms with van der Waals surface area (Å²) < 4.78 is 10.6. The second-order valence-corrected chi connectivity index (χ2v) is 6.23. The lowest BCUT2D eigenvalue weighted by Gasteiger charge is -2.23. The highest BCUT2D eigenvalue weighted by atomic mass is 16.5. The summed E-state index contributed by atoms with van der Waals surface area (Å²) >= 11 is 0. The Morgan fingerprint density at radius 3 is 2.71 bits per heavy atom. The molecule has 0 bridgehead atoms. The molecule has 1 N–H and O–H groups in total. The molecule has 1 aliphatic rings. The van der Waals surface area contributed by atoms with Gasteiger partial charge in [0.2, 0.25) is 5.91 Å². The van der Waals surface area contributed by atoms with Crippen LogP contribution in [0.25, 0.3) is 0 Å². The molecule has 0 aromatic heterocycles. The number of methoxy groups -OCH3 is 1. The number of rotatable bonds is 9. The lowest BCUT2D eigenvalue weighted by atomic mass is 9.88. The zero-order valence-electron chi connectivity index (χ0n) is 14.1. The molecule has 1 saturated heterocycles. The lowest BCUT2D eigenvalue weighted by Crippen LogP contribution is -2.40. The van der Waals surface area contributed by atoms with Crippen molar-refractivity contribution in [2.45, 2.75) is 25.9 Å². The number of carbonyl (C=O) groups excluding carboxylic acids is 1. The van der Waals surface area contributed by atoms with Crippen molar-refractivity contribution in [2.75, 3.05) is 33.4 Å². The fourth-order valence-electron chi connectivity index (χ4n) is 2.96. The molecule has 1 amide bonds. The number of carboxylic acids is 1. The number of nitrogens with zero attached hydrogens (tertiary/aromatic N) is 1. The van der Waals surface area contributed by atoms with Crippen molar-refractivity contribution >= 4 is 11.9 Å². The van der Waals surface area contributed by atoms with Crippen LogP contribution in [-0.2, 0) is 25.7 Å². The van der Waals surface area contributed by atoms with E-state index >= 15 is 0 Å². The SMILES string of the molecule is COCC1(C(=O)O)CCN(C(=O)CCCOCc2ccccc2)C1. The average molecular weight is 335 g/mol. The normalized spacial score (nSPS) is 20.3. The molecule has 1 aromatic carbocycles. The van der Waals surface area contributed by atoms with Crippen molar-refractivity contribution in [3.05, 3.63) is 35.9 Å². The standard InChI is InChI=1S/C18H25NO5/c1-23-14-18(17(21)22)9-10-19(13-18)16(20)8-5-11-24-12-15-6-3-2-4-7-15/h2-4,6-7H,5,8-14H2,1H3,(H,21,22). The molecular formula is C18H25NO5. The van der Waals surface area contributed by atoms with E-state index in [4.69, 9.17) is 9.47 Å². The highest BCUT2D eigenvalue weighted by molar-refractivity contribution is 5.80. The highest BCUT2D eigenvalue weighted by Gasteiger charge is 2.46. The maximum atomic E-state index is 12.2. The maximum absolute atomic E-state index is 12.2. The molecule has 1 fully saturated rings. The Morgan fingerprint density at radius 2 is 2.04 bits per heavy atom. The second kappa shape index (κ2) is 8.80. The van der Waals surface area contributed by atoms with Crippen LogP contribution in [0.15, 0.2) is 30.3 Å². The van der Waals surface area contributed by atoms with Gasteiger partial charge in [0.1, 0.15) is 5.41 Å². The molecule has 1 atom stereocenters. The first-order chi connectivity index (χ1) is 11.6. The second-order valence-electron chi connectivity index (χ2n) is 6.23. The van der Waals surface area contributed by atoms with Gasteiger partial charge >= 0.3 is 5.97 Å². The molecule has 1 heterocycles. The molecule has 6 nitrogen and oxygen atoms in total. The maximum Gasteiger partial charge on any atom is 0.313 e. The minimum atomic E-state index is -0.964. The van der Waals surface area contributed by atoms with Crippen molar-refractivity contribution in [2.24, 2.45) is 5.41 Å². The zero-order valence-corrected chi connectivity index (χ0v) is 14.1. The van der Waals surface area contributed by atoms with E-state index in [1.165, 1.54) is 7.11 Å². The first-order valence-corrected chi connectivity index (χ1v) is 8.19. The molecule has 0 aliphatic carbocycles. The van der Waals surface area contributed by atoms with Gasteiger partial charge in [-0.25, -0.2) is 0 Å². The minimum absolute atomic E-state index is 0.0162. The van der Waals surface area contributed by atoms with Crippen molar-refractivity contribution in [3.63, 3.8) is 0 Å². The van der Waals surface area contributed by atoms with E-state index in [0.29, 0.717) is 39.0 Å². The van der Waals surface area contributed by atoms with Gasteiger partial charge in [0.15, 0.2) is 0 Å². The van der Waals surface area contributed by atoms with Gasteiger partial charge in [0.05, 0.1) is 13.2 Å². The van der Waals surface area contributed by atoms with Crippen LogP contribution >= 0.6 is 0 Å². The first-order valence-electron chi connectivity index (χ1n) is 8.19. The third kappa shape index (κ3) is 4.79. The Balaban J connectivity index is 1.69. The van der Waals surface area contributed by atoms with Crippen LogP contribution in [0.2, 0.25) is 0 Å². The molecule has 132 valence electrons. The van der Waals surface area contributed by atoms with E-state index in [9.17, 15) is 14.7 Å². The summed E-state index contributed by atoms with van der Waals surface area (Å²) in [6.07, 6.45) is 1.44. The predicted molar refractivity (Wildman–Crippen MR) is 88.5 cm³/mol. The van der Waals surface area contributed by atoms with Gasteiger partial charge in [-0.05, 0) is 18.4 Å². The quantitative estimate of drug-likeness (QED) is 0.698. The molecule has 1 aromatic rings. The number of carbonyl (C=O) groups is 2. The Hall–Kier alpha value is -1.92. The first kappa shape index (κ1) is 18.4. The van der Waals surface area contributed by atoms with Gasteiger partial charge in [0, 0.05) is 33.2 Å². The zero-order chi connectivity index (χ0) is 17.4. The number of ether oxygens (including phenoxy) is 2. The number of benzene rings is 1. The molecule has 0 saturated carbocycles. The summed E-state index contributed by atoms with van der Waals surface area (Å²) in [6.45, 7) is 1.87. The van der Waals surface area contributed by atoms with E-state index in [-0.39, 0.29) is 19.1 Å². The van der Waals surface area contributed by atoms with Crippen LogP contribution in [0.5, 0.6) is 0 Å². The Labute approximate surface area is 142 Å². The van der Waals surface area contributed by atoms with Crippen LogP contribution in [0.3, 0.4) is 0 Å². The van der Waals surface area contributed by atoms with Crippen molar-refractivity contribution in [3.8, 4) is 0 Å². The molecular weight excluding hydrogens is 310 g/mol. The van der Waals surface area contributed by atoms with Gasteiger partial charge in [-0.15, -0.1) is 0 Å². The molecule has 0 radical (unpaired) electrons. The largest absolute Gasteiger partial charge is 0.481 e. The number of amides is 1. The van der Waals surface area contributed by atoms with E-state index in [1.807, 2.05) is 30.3 Å². The van der Waals surface area contributed by atoms with Crippen molar-refractivity contribution in [1.29, 1.82) is 0 Å². The van der Waals surface area contributed by atoms with Gasteiger partial charge in [-0.2, -0.15) is 0 Å². The fourth-order valence-corrected chi connectivity index (χ4v) is 2.96. The molecule has 24 heavy (non-hydrogen) atoms. The van der Waals surface area contributed by atoms with Crippen LogP contribution in [0.4, 0.5) is 0 Å². The number of likely N-dealkylation sites (tertiary alicyclic amines) is 1. The fraction of sp³-hybridized carbons (Fsp3) is 0.556. The average Bonchev–Trinajstić information content (AvgIpc) is 3.01. The van der Waals surface area contributed by atoms with Gasteiger partial charge in [0.25, 0.3) is 0 Å².